The number of amides is 1. The molecule has 1 saturated heterocycles. The highest BCUT2D eigenvalue weighted by Gasteiger charge is 2.25. The van der Waals surface area contributed by atoms with E-state index in [0.29, 0.717) is 22.1 Å². The fraction of sp³-hybridized carbons (Fsp3) is 0.353. The van der Waals surface area contributed by atoms with Gasteiger partial charge in [0.2, 0.25) is 0 Å². The molecular weight excluding hydrogens is 360 g/mol. The molecule has 4 rings (SSSR count). The van der Waals surface area contributed by atoms with Gasteiger partial charge in [0, 0.05) is 38.4 Å². The number of halogens is 2. The summed E-state index contributed by atoms with van der Waals surface area (Å²) in [6.45, 7) is 1.34. The van der Waals surface area contributed by atoms with Crippen molar-refractivity contribution in [3.63, 3.8) is 0 Å². The number of nitrogens with one attached hydrogen (secondary N) is 1. The minimum Gasteiger partial charge on any atom is -0.346 e. The largest absolute Gasteiger partial charge is 0.346 e. The van der Waals surface area contributed by atoms with Crippen molar-refractivity contribution >= 4 is 32.6 Å². The van der Waals surface area contributed by atoms with Crippen LogP contribution in [0.1, 0.15) is 23.3 Å². The summed E-state index contributed by atoms with van der Waals surface area (Å²) >= 11 is 1.26. The Hall–Kier alpha value is -2.55. The van der Waals surface area contributed by atoms with E-state index in [0.717, 1.165) is 25.5 Å². The van der Waals surface area contributed by atoms with Crippen molar-refractivity contribution in [3.8, 4) is 0 Å². The summed E-state index contributed by atoms with van der Waals surface area (Å²) < 4.78 is 29.3. The predicted octanol–water partition coefficient (Wildman–Crippen LogP) is 2.71. The van der Waals surface area contributed by atoms with Crippen molar-refractivity contribution < 1.29 is 13.6 Å². The summed E-state index contributed by atoms with van der Waals surface area (Å²) in [6, 6.07) is 3.76. The van der Waals surface area contributed by atoms with Crippen molar-refractivity contribution in [1.29, 1.82) is 0 Å². The molecule has 0 aliphatic carbocycles. The third-order valence-corrected chi connectivity index (χ3v) is 5.44. The molecule has 1 aliphatic heterocycles. The molecule has 1 N–H and O–H groups in total. The maximum atomic E-state index is 13.9. The van der Waals surface area contributed by atoms with E-state index >= 15 is 0 Å². The van der Waals surface area contributed by atoms with Crippen molar-refractivity contribution in [3.05, 3.63) is 41.7 Å². The molecule has 6 nitrogen and oxygen atoms in total. The molecule has 0 spiro atoms. The van der Waals surface area contributed by atoms with Crippen molar-refractivity contribution in [2.24, 2.45) is 7.05 Å². The van der Waals surface area contributed by atoms with Gasteiger partial charge in [-0.15, -0.1) is 0 Å². The lowest BCUT2D eigenvalue weighted by atomic mass is 10.1. The zero-order valence-electron chi connectivity index (χ0n) is 14.1. The van der Waals surface area contributed by atoms with Crippen LogP contribution in [0.2, 0.25) is 0 Å². The summed E-state index contributed by atoms with van der Waals surface area (Å²) in [7, 11) is 1.76. The van der Waals surface area contributed by atoms with Gasteiger partial charge in [-0.25, -0.2) is 13.8 Å². The van der Waals surface area contributed by atoms with Gasteiger partial charge < -0.3 is 10.2 Å². The van der Waals surface area contributed by atoms with Crippen molar-refractivity contribution in [1.82, 2.24) is 20.1 Å². The maximum Gasteiger partial charge on any atom is 0.272 e. The molecule has 136 valence electrons. The second-order valence-corrected chi connectivity index (χ2v) is 7.37. The van der Waals surface area contributed by atoms with Crippen LogP contribution < -0.4 is 10.2 Å². The first-order valence-corrected chi connectivity index (χ1v) is 9.12. The number of piperidine rings is 1. The van der Waals surface area contributed by atoms with Crippen LogP contribution >= 0.6 is 11.3 Å². The van der Waals surface area contributed by atoms with Gasteiger partial charge in [-0.3, -0.25) is 9.48 Å². The number of carbonyl (C=O) groups excluding carboxylic acids is 1. The summed E-state index contributed by atoms with van der Waals surface area (Å²) in [5, 5.41) is 7.73. The molecule has 26 heavy (non-hydrogen) atoms. The molecule has 0 saturated carbocycles. The molecule has 0 radical (unpaired) electrons. The van der Waals surface area contributed by atoms with Crippen LogP contribution in [0.5, 0.6) is 0 Å². The summed E-state index contributed by atoms with van der Waals surface area (Å²) in [5.74, 6) is -1.47. The van der Waals surface area contributed by atoms with Gasteiger partial charge in [-0.05, 0) is 25.0 Å². The second kappa shape index (κ2) is 6.64. The number of nitrogens with zero attached hydrogens (tertiary/aromatic N) is 4. The number of fused-ring (bicyclic) bond motifs is 1. The molecule has 3 aromatic rings. The number of anilines is 1. The summed E-state index contributed by atoms with van der Waals surface area (Å²) in [6.07, 6.45) is 3.44. The number of hydrogen-bond donors (Lipinski definition) is 1. The van der Waals surface area contributed by atoms with Gasteiger partial charge >= 0.3 is 0 Å². The molecular formula is C17H17F2N5OS. The fourth-order valence-corrected chi connectivity index (χ4v) is 4.18. The highest BCUT2D eigenvalue weighted by Crippen LogP contribution is 2.32. The first-order valence-electron chi connectivity index (χ1n) is 8.30. The van der Waals surface area contributed by atoms with Crippen molar-refractivity contribution in [2.75, 3.05) is 18.0 Å². The smallest absolute Gasteiger partial charge is 0.272 e. The quantitative estimate of drug-likeness (QED) is 0.762. The Balaban J connectivity index is 1.50. The van der Waals surface area contributed by atoms with Crippen LogP contribution in [0, 0.1) is 11.6 Å². The average Bonchev–Trinajstić information content (AvgIpc) is 3.21. The van der Waals surface area contributed by atoms with E-state index in [1.54, 1.807) is 24.0 Å². The van der Waals surface area contributed by atoms with E-state index in [4.69, 9.17) is 0 Å². The molecule has 1 unspecified atom stereocenters. The van der Waals surface area contributed by atoms with E-state index in [2.05, 4.69) is 15.4 Å². The molecule has 1 amide bonds. The normalized spacial score (nSPS) is 17.7. The zero-order chi connectivity index (χ0) is 18.3. The van der Waals surface area contributed by atoms with Gasteiger partial charge in [0.15, 0.2) is 10.9 Å². The van der Waals surface area contributed by atoms with E-state index < -0.39 is 11.6 Å². The van der Waals surface area contributed by atoms with Gasteiger partial charge in [0.25, 0.3) is 5.91 Å². The number of hydrogen-bond acceptors (Lipinski definition) is 5. The lowest BCUT2D eigenvalue weighted by molar-refractivity contribution is 0.0927. The second-order valence-electron chi connectivity index (χ2n) is 6.36. The highest BCUT2D eigenvalue weighted by molar-refractivity contribution is 7.22. The molecule has 1 aliphatic rings. The van der Waals surface area contributed by atoms with Crippen LogP contribution in [0.25, 0.3) is 10.2 Å². The Kier molecular flexibility index (Phi) is 4.31. The van der Waals surface area contributed by atoms with Gasteiger partial charge in [-0.2, -0.15) is 5.10 Å². The zero-order valence-corrected chi connectivity index (χ0v) is 14.9. The van der Waals surface area contributed by atoms with E-state index in [-0.39, 0.29) is 17.5 Å². The Morgan fingerprint density at radius 2 is 2.23 bits per heavy atom. The lowest BCUT2D eigenvalue weighted by Gasteiger charge is -2.32. The van der Waals surface area contributed by atoms with Crippen LogP contribution in [0.15, 0.2) is 24.4 Å². The van der Waals surface area contributed by atoms with E-state index in [9.17, 15) is 13.6 Å². The number of aryl methyl sites for hydroxylation is 1. The lowest BCUT2D eigenvalue weighted by Crippen LogP contribution is -2.47. The Labute approximate surface area is 152 Å². The fourth-order valence-electron chi connectivity index (χ4n) is 3.14. The monoisotopic (exact) mass is 377 g/mol. The first-order chi connectivity index (χ1) is 12.5. The molecule has 2 aromatic heterocycles. The number of rotatable bonds is 3. The van der Waals surface area contributed by atoms with E-state index in [1.807, 2.05) is 4.90 Å². The Bertz CT molecular complexity index is 969. The number of benzene rings is 1. The van der Waals surface area contributed by atoms with Crippen LogP contribution in [-0.4, -0.2) is 39.8 Å². The van der Waals surface area contributed by atoms with Crippen LogP contribution in [0.4, 0.5) is 13.9 Å². The molecule has 1 atom stereocenters. The van der Waals surface area contributed by atoms with Crippen molar-refractivity contribution in [2.45, 2.75) is 18.9 Å². The minimum absolute atomic E-state index is 0.0492. The Morgan fingerprint density at radius 3 is 3.00 bits per heavy atom. The Morgan fingerprint density at radius 1 is 1.38 bits per heavy atom. The van der Waals surface area contributed by atoms with Gasteiger partial charge in [0.05, 0.1) is 4.70 Å². The molecule has 9 heteroatoms. The minimum atomic E-state index is -0.653. The highest BCUT2D eigenvalue weighted by atomic mass is 32.1. The van der Waals surface area contributed by atoms with Crippen LogP contribution in [0.3, 0.4) is 0 Å². The van der Waals surface area contributed by atoms with Crippen LogP contribution in [-0.2, 0) is 7.05 Å². The summed E-state index contributed by atoms with van der Waals surface area (Å²) in [5.41, 5.74) is 0.563. The molecule has 1 fully saturated rings. The molecule has 1 aromatic carbocycles. The van der Waals surface area contributed by atoms with Gasteiger partial charge in [0.1, 0.15) is 17.0 Å². The SMILES string of the molecule is Cn1ccc(C(=O)NC2CCCN(c3nc4c(F)cc(F)cc4s3)C2)n1. The summed E-state index contributed by atoms with van der Waals surface area (Å²) in [4.78, 5) is 18.6. The van der Waals surface area contributed by atoms with E-state index in [1.165, 1.54) is 17.4 Å². The predicted molar refractivity (Wildman–Crippen MR) is 95.4 cm³/mol. The third kappa shape index (κ3) is 3.26. The average molecular weight is 377 g/mol. The standard InChI is InChI=1S/C17H17F2N5OS/c1-23-6-4-13(22-23)16(25)20-11-3-2-5-24(9-11)17-21-15-12(19)7-10(18)8-14(15)26-17/h4,6-8,11H,2-3,5,9H2,1H3,(H,20,25). The topological polar surface area (TPSA) is 63.1 Å². The van der Waals surface area contributed by atoms with Gasteiger partial charge in [-0.1, -0.05) is 11.3 Å². The third-order valence-electron chi connectivity index (χ3n) is 4.38. The number of carbonyl (C=O) groups is 1. The number of aromatic nitrogens is 3. The molecule has 3 heterocycles. The molecule has 0 bridgehead atoms. The maximum absolute atomic E-state index is 13.9. The first kappa shape index (κ1) is 16.9. The number of thiazole rings is 1.